The van der Waals surface area contributed by atoms with Gasteiger partial charge in [-0.1, -0.05) is 0 Å². The molecule has 14 heavy (non-hydrogen) atoms. The van der Waals surface area contributed by atoms with Crippen LogP contribution in [0, 0.1) is 11.3 Å². The van der Waals surface area contributed by atoms with Gasteiger partial charge >= 0.3 is 0 Å². The highest BCUT2D eigenvalue weighted by Crippen LogP contribution is 1.98. The van der Waals surface area contributed by atoms with Crippen LogP contribution in [-0.4, -0.2) is 34.5 Å². The van der Waals surface area contributed by atoms with Crippen molar-refractivity contribution < 1.29 is 4.79 Å². The van der Waals surface area contributed by atoms with Gasteiger partial charge in [-0.25, -0.2) is 4.98 Å². The Kier molecular flexibility index (Phi) is 3.24. The summed E-state index contributed by atoms with van der Waals surface area (Å²) >= 11 is 0. The van der Waals surface area contributed by atoms with Gasteiger partial charge in [-0.2, -0.15) is 5.26 Å². The average molecular weight is 192 g/mol. The molecule has 1 rings (SSSR count). The van der Waals surface area contributed by atoms with Gasteiger partial charge < -0.3 is 9.47 Å². The van der Waals surface area contributed by atoms with Crippen LogP contribution in [0.15, 0.2) is 12.4 Å². The number of aryl methyl sites for hydroxylation is 1. The molecule has 0 saturated heterocycles. The van der Waals surface area contributed by atoms with E-state index in [0.717, 1.165) is 0 Å². The molecule has 1 aromatic heterocycles. The Labute approximate surface area is 82.6 Å². The highest BCUT2D eigenvalue weighted by molar-refractivity contribution is 5.75. The van der Waals surface area contributed by atoms with E-state index < -0.39 is 0 Å². The van der Waals surface area contributed by atoms with E-state index in [1.54, 1.807) is 31.1 Å². The summed E-state index contributed by atoms with van der Waals surface area (Å²) in [6, 6.07) is 1.96. The van der Waals surface area contributed by atoms with Gasteiger partial charge in [0, 0.05) is 39.5 Å². The molecule has 5 heteroatoms. The third-order valence-corrected chi connectivity index (χ3v) is 1.88. The minimum absolute atomic E-state index is 0.0441. The maximum atomic E-state index is 11.2. The van der Waals surface area contributed by atoms with Crippen molar-refractivity contribution in [1.29, 1.82) is 5.26 Å². The lowest BCUT2D eigenvalue weighted by Crippen LogP contribution is -2.23. The normalized spacial score (nSPS) is 9.50. The zero-order valence-corrected chi connectivity index (χ0v) is 8.27. The van der Waals surface area contributed by atoms with Crippen LogP contribution in [-0.2, 0) is 11.3 Å². The minimum Gasteiger partial charge on any atom is -0.349 e. The third kappa shape index (κ3) is 2.33. The van der Waals surface area contributed by atoms with Crippen LogP contribution in [0.4, 0.5) is 0 Å². The fourth-order valence-corrected chi connectivity index (χ4v) is 1.04. The molecular formula is C9H12N4O. The zero-order valence-electron chi connectivity index (χ0n) is 8.27. The quantitative estimate of drug-likeness (QED) is 0.688. The lowest BCUT2D eigenvalue weighted by molar-refractivity contribution is -0.128. The largest absolute Gasteiger partial charge is 0.349 e. The highest BCUT2D eigenvalue weighted by atomic mass is 16.2. The van der Waals surface area contributed by atoms with Crippen LogP contribution in [0.25, 0.3) is 0 Å². The second-order valence-electron chi connectivity index (χ2n) is 3.09. The van der Waals surface area contributed by atoms with E-state index in [4.69, 9.17) is 5.26 Å². The summed E-state index contributed by atoms with van der Waals surface area (Å²) in [5, 5.41) is 8.65. The van der Waals surface area contributed by atoms with E-state index in [-0.39, 0.29) is 5.91 Å². The fourth-order valence-electron chi connectivity index (χ4n) is 1.04. The Morgan fingerprint density at radius 2 is 2.43 bits per heavy atom. The van der Waals surface area contributed by atoms with Crippen LogP contribution in [0.1, 0.15) is 12.2 Å². The minimum atomic E-state index is 0.0441. The van der Waals surface area contributed by atoms with Crippen molar-refractivity contribution in [1.82, 2.24) is 14.5 Å². The van der Waals surface area contributed by atoms with E-state index in [9.17, 15) is 4.79 Å². The second-order valence-corrected chi connectivity index (χ2v) is 3.09. The van der Waals surface area contributed by atoms with Crippen LogP contribution in [0.3, 0.4) is 0 Å². The Balaban J connectivity index is 2.55. The van der Waals surface area contributed by atoms with Crippen molar-refractivity contribution in [2.75, 3.05) is 14.1 Å². The molecule has 0 spiro atoms. The zero-order chi connectivity index (χ0) is 10.6. The summed E-state index contributed by atoms with van der Waals surface area (Å²) in [6.45, 7) is 0.500. The maximum Gasteiger partial charge on any atom is 0.223 e. The van der Waals surface area contributed by atoms with Crippen molar-refractivity contribution >= 4 is 5.91 Å². The van der Waals surface area contributed by atoms with Crippen molar-refractivity contribution in [3.63, 3.8) is 0 Å². The molecule has 0 bridgehead atoms. The number of rotatable bonds is 3. The number of nitriles is 1. The number of hydrogen-bond donors (Lipinski definition) is 0. The van der Waals surface area contributed by atoms with Crippen molar-refractivity contribution in [3.05, 3.63) is 18.2 Å². The molecule has 0 fully saturated rings. The maximum absolute atomic E-state index is 11.2. The van der Waals surface area contributed by atoms with E-state index in [1.165, 1.54) is 4.90 Å². The highest BCUT2D eigenvalue weighted by Gasteiger charge is 2.06. The fraction of sp³-hybridized carbons (Fsp3) is 0.444. The van der Waals surface area contributed by atoms with E-state index in [1.807, 2.05) is 6.07 Å². The molecule has 0 aliphatic carbocycles. The summed E-state index contributed by atoms with van der Waals surface area (Å²) < 4.78 is 1.67. The molecule has 1 heterocycles. The molecule has 0 aromatic carbocycles. The molecule has 0 saturated carbocycles. The van der Waals surface area contributed by atoms with E-state index >= 15 is 0 Å². The van der Waals surface area contributed by atoms with Gasteiger partial charge in [-0.3, -0.25) is 4.79 Å². The van der Waals surface area contributed by atoms with E-state index in [0.29, 0.717) is 18.8 Å². The van der Waals surface area contributed by atoms with Crippen molar-refractivity contribution in [2.24, 2.45) is 0 Å². The number of imidazole rings is 1. The molecule has 0 aliphatic rings. The molecule has 1 amide bonds. The first kappa shape index (κ1) is 10.3. The Bertz CT molecular complexity index is 361. The number of carbonyl (C=O) groups is 1. The van der Waals surface area contributed by atoms with Gasteiger partial charge in [0.25, 0.3) is 0 Å². The molecule has 5 nitrogen and oxygen atoms in total. The molecular weight excluding hydrogens is 180 g/mol. The van der Waals surface area contributed by atoms with Crippen LogP contribution >= 0.6 is 0 Å². The third-order valence-electron chi connectivity index (χ3n) is 1.88. The first-order valence-corrected chi connectivity index (χ1v) is 4.26. The first-order chi connectivity index (χ1) is 6.65. The average Bonchev–Trinajstić information content (AvgIpc) is 2.60. The summed E-state index contributed by atoms with van der Waals surface area (Å²) in [4.78, 5) is 16.6. The molecule has 0 aliphatic heterocycles. The number of hydrogen-bond acceptors (Lipinski definition) is 3. The summed E-state index contributed by atoms with van der Waals surface area (Å²) in [5.74, 6) is 0.388. The smallest absolute Gasteiger partial charge is 0.223 e. The number of amides is 1. The second kappa shape index (κ2) is 4.42. The predicted molar refractivity (Wildman–Crippen MR) is 50.3 cm³/mol. The lowest BCUT2D eigenvalue weighted by Gasteiger charge is -2.10. The molecule has 1 aromatic rings. The molecule has 0 unspecified atom stereocenters. The van der Waals surface area contributed by atoms with Gasteiger partial charge in [0.15, 0.2) is 0 Å². The monoisotopic (exact) mass is 192 g/mol. The van der Waals surface area contributed by atoms with E-state index in [2.05, 4.69) is 4.98 Å². The van der Waals surface area contributed by atoms with Gasteiger partial charge in [-0.05, 0) is 0 Å². The molecule has 0 radical (unpaired) electrons. The van der Waals surface area contributed by atoms with Gasteiger partial charge in [0.1, 0.15) is 6.07 Å². The van der Waals surface area contributed by atoms with Crippen molar-refractivity contribution in [2.45, 2.75) is 13.0 Å². The summed E-state index contributed by atoms with van der Waals surface area (Å²) in [6.07, 6.45) is 3.64. The van der Waals surface area contributed by atoms with Crippen LogP contribution in [0.5, 0.6) is 0 Å². The molecule has 74 valence electrons. The first-order valence-electron chi connectivity index (χ1n) is 4.26. The van der Waals surface area contributed by atoms with Gasteiger partial charge in [0.05, 0.1) is 0 Å². The van der Waals surface area contributed by atoms with Crippen LogP contribution in [0.2, 0.25) is 0 Å². The Morgan fingerprint density at radius 3 is 3.00 bits per heavy atom. The Hall–Kier alpha value is -1.83. The van der Waals surface area contributed by atoms with Gasteiger partial charge in [-0.15, -0.1) is 0 Å². The molecule has 0 N–H and O–H groups in total. The molecule has 0 atom stereocenters. The lowest BCUT2D eigenvalue weighted by atomic mass is 10.4. The SMILES string of the molecule is CN(C)C(=O)CCn1ccnc1C#N. The number of aromatic nitrogens is 2. The number of nitrogens with zero attached hydrogens (tertiary/aromatic N) is 4. The standard InChI is InChI=1S/C9H12N4O/c1-12(2)9(14)3-5-13-6-4-11-8(13)7-10/h4,6H,3,5H2,1-2H3. The van der Waals surface area contributed by atoms with Crippen LogP contribution < -0.4 is 0 Å². The summed E-state index contributed by atoms with van der Waals surface area (Å²) in [5.41, 5.74) is 0. The Morgan fingerprint density at radius 1 is 1.71 bits per heavy atom. The van der Waals surface area contributed by atoms with Crippen molar-refractivity contribution in [3.8, 4) is 6.07 Å². The number of carbonyl (C=O) groups excluding carboxylic acids is 1. The topological polar surface area (TPSA) is 61.9 Å². The van der Waals surface area contributed by atoms with Gasteiger partial charge in [0.2, 0.25) is 11.7 Å². The summed E-state index contributed by atoms with van der Waals surface area (Å²) in [7, 11) is 3.42. The predicted octanol–water partition coefficient (Wildman–Crippen LogP) is 0.233.